The van der Waals surface area contributed by atoms with Crippen LogP contribution < -0.4 is 0 Å². The fraction of sp³-hybridized carbons (Fsp3) is 0.372. The number of alkyl halides is 3. The van der Waals surface area contributed by atoms with Crippen molar-refractivity contribution in [1.29, 1.82) is 5.26 Å². The number of aliphatic hydroxyl groups excluding tert-OH is 1. The normalized spacial score (nSPS) is 12.4. The molecule has 1 radical (unpaired) electrons. The fourth-order valence-corrected chi connectivity index (χ4v) is 7.77. The quantitative estimate of drug-likeness (QED) is 0.108. The average molecular weight is 904 g/mol. The van der Waals surface area contributed by atoms with Gasteiger partial charge >= 0.3 is 6.18 Å². The third-order valence-electron chi connectivity index (χ3n) is 8.62. The molecule has 0 aliphatic heterocycles. The number of carbonyl (C=O) groups excluding carboxylic acids is 1. The van der Waals surface area contributed by atoms with Gasteiger partial charge in [0.2, 0.25) is 0 Å². The van der Waals surface area contributed by atoms with Gasteiger partial charge in [-0.1, -0.05) is 96.7 Å². The van der Waals surface area contributed by atoms with Gasteiger partial charge in [0.05, 0.1) is 11.3 Å². The molecule has 52 heavy (non-hydrogen) atoms. The van der Waals surface area contributed by atoms with E-state index >= 15 is 0 Å². The van der Waals surface area contributed by atoms with E-state index in [1.54, 1.807) is 17.5 Å². The van der Waals surface area contributed by atoms with Gasteiger partial charge in [-0.15, -0.1) is 40.5 Å². The minimum Gasteiger partial charge on any atom is -0.512 e. The van der Waals surface area contributed by atoms with Crippen LogP contribution in [0.2, 0.25) is 0 Å². The monoisotopic (exact) mass is 904 g/mol. The molecule has 0 unspecified atom stereocenters. The van der Waals surface area contributed by atoms with Crippen molar-refractivity contribution in [2.75, 3.05) is 0 Å². The van der Waals surface area contributed by atoms with Gasteiger partial charge in [0.1, 0.15) is 6.07 Å². The van der Waals surface area contributed by atoms with Crippen LogP contribution >= 0.6 is 11.3 Å². The predicted octanol–water partition coefficient (Wildman–Crippen LogP) is 12.5. The van der Waals surface area contributed by atoms with Gasteiger partial charge in [-0.2, -0.15) is 18.4 Å². The van der Waals surface area contributed by atoms with Crippen molar-refractivity contribution in [3.05, 3.63) is 99.9 Å². The van der Waals surface area contributed by atoms with E-state index in [2.05, 4.69) is 117 Å². The summed E-state index contributed by atoms with van der Waals surface area (Å²) in [5.74, 6) is -3.07. The molecule has 0 fully saturated rings. The van der Waals surface area contributed by atoms with Crippen LogP contribution in [0.5, 0.6) is 0 Å². The topological polar surface area (TPSA) is 74.0 Å². The van der Waals surface area contributed by atoms with E-state index in [-0.39, 0.29) is 37.0 Å². The Bertz CT molecular complexity index is 2170. The number of pyridine rings is 1. The molecule has 0 aliphatic carbocycles. The van der Waals surface area contributed by atoms with Gasteiger partial charge in [-0.3, -0.25) is 9.78 Å². The first-order valence-electron chi connectivity index (χ1n) is 16.9. The number of aryl methyl sites for hydroxylation is 3. The molecule has 5 rings (SSSR count). The van der Waals surface area contributed by atoms with Gasteiger partial charge in [0.25, 0.3) is 5.78 Å². The van der Waals surface area contributed by atoms with E-state index in [1.807, 2.05) is 0 Å². The molecular weight excluding hydrogens is 858 g/mol. The minimum atomic E-state index is -4.90. The summed E-state index contributed by atoms with van der Waals surface area (Å²) in [7, 11) is 0. The van der Waals surface area contributed by atoms with Crippen LogP contribution in [0.4, 0.5) is 13.2 Å². The summed E-state index contributed by atoms with van der Waals surface area (Å²) in [6.45, 7) is 23.2. The van der Waals surface area contributed by atoms with E-state index in [4.69, 9.17) is 10.1 Å². The van der Waals surface area contributed by atoms with Gasteiger partial charge in [0.15, 0.2) is 0 Å². The Labute approximate surface area is 323 Å². The van der Waals surface area contributed by atoms with Crippen LogP contribution in [0.15, 0.2) is 60.5 Å². The molecule has 9 heteroatoms. The average Bonchev–Trinajstić information content (AvgIpc) is 3.34. The summed E-state index contributed by atoms with van der Waals surface area (Å²) in [5.41, 5.74) is 10.4. The van der Waals surface area contributed by atoms with E-state index < -0.39 is 23.6 Å². The molecule has 2 aromatic heterocycles. The molecule has 277 valence electrons. The first-order chi connectivity index (χ1) is 23.5. The van der Waals surface area contributed by atoms with Crippen LogP contribution in [0.1, 0.15) is 88.8 Å². The zero-order chi connectivity index (χ0) is 38.2. The number of fused-ring (bicyclic) bond motifs is 2. The second-order valence-corrected chi connectivity index (χ2v) is 16.7. The van der Waals surface area contributed by atoms with E-state index in [1.165, 1.54) is 51.9 Å². The van der Waals surface area contributed by atoms with Crippen molar-refractivity contribution in [2.45, 2.75) is 94.2 Å². The molecule has 0 bridgehead atoms. The molecule has 0 saturated heterocycles. The molecule has 3 aromatic carbocycles. The van der Waals surface area contributed by atoms with Gasteiger partial charge < -0.3 is 5.11 Å². The number of allylic oxidation sites excluding steroid dienone is 2. The van der Waals surface area contributed by atoms with Gasteiger partial charge in [-0.25, -0.2) is 0 Å². The van der Waals surface area contributed by atoms with E-state index in [9.17, 15) is 23.2 Å². The molecular formula is C43H46F3IrN2O2S-. The molecule has 1 N–H and O–H groups in total. The first kappa shape index (κ1) is 42.6. The van der Waals surface area contributed by atoms with Crippen molar-refractivity contribution in [1.82, 2.24) is 4.98 Å². The maximum Gasteiger partial charge on any atom is 0.454 e. The second-order valence-electron chi connectivity index (χ2n) is 15.7. The second kappa shape index (κ2) is 16.0. The largest absolute Gasteiger partial charge is 0.512 e. The molecule has 0 spiro atoms. The summed E-state index contributed by atoms with van der Waals surface area (Å²) >= 11 is 1.76. The van der Waals surface area contributed by atoms with Gasteiger partial charge in [0, 0.05) is 59.0 Å². The number of carbonyl (C=O) groups is 1. The number of halogens is 3. The van der Waals surface area contributed by atoms with Crippen molar-refractivity contribution >= 4 is 38.0 Å². The predicted molar refractivity (Wildman–Crippen MR) is 204 cm³/mol. The van der Waals surface area contributed by atoms with Crippen LogP contribution in [0.3, 0.4) is 0 Å². The van der Waals surface area contributed by atoms with Crippen molar-refractivity contribution in [3.63, 3.8) is 0 Å². The smallest absolute Gasteiger partial charge is 0.454 e. The van der Waals surface area contributed by atoms with Gasteiger partial charge in [-0.05, 0) is 65.8 Å². The third kappa shape index (κ3) is 9.58. The Balaban J connectivity index is 0.000000484. The van der Waals surface area contributed by atoms with Crippen LogP contribution in [0, 0.1) is 49.5 Å². The van der Waals surface area contributed by atoms with Crippen LogP contribution in [0.25, 0.3) is 42.6 Å². The summed E-state index contributed by atoms with van der Waals surface area (Å²) in [6.07, 6.45) is -1.92. The molecule has 0 amide bonds. The summed E-state index contributed by atoms with van der Waals surface area (Å²) in [4.78, 5) is 16.3. The molecule has 4 nitrogen and oxygen atoms in total. The minimum absolute atomic E-state index is 0. The number of rotatable bonds is 5. The zero-order valence-electron chi connectivity index (χ0n) is 31.6. The number of aromatic nitrogens is 1. The summed E-state index contributed by atoms with van der Waals surface area (Å²) in [5, 5.41) is 22.2. The Hall–Kier alpha value is -3.83. The van der Waals surface area contributed by atoms with Crippen molar-refractivity contribution < 1.29 is 43.2 Å². The maximum absolute atomic E-state index is 11.6. The third-order valence-corrected chi connectivity index (χ3v) is 9.93. The molecule has 5 aromatic rings. The number of aliphatic hydroxyl groups is 1. The van der Waals surface area contributed by atoms with Crippen molar-refractivity contribution in [3.8, 4) is 27.8 Å². The number of hydrogen-bond acceptors (Lipinski definition) is 5. The zero-order valence-corrected chi connectivity index (χ0v) is 34.8. The Morgan fingerprint density at radius 3 is 2.13 bits per heavy atom. The standard InChI is InChI=1S/C36H37N2S.C7H9F3O2.Ir/c1-21-14-24(18-35(4,5)6)15-22(2)30(21)33-23(3)31-27(19-37)20-38-32(34(31)39-33)26-16-25-12-10-11-13-28(25)29(17-26)36(7,8)9;1-4(2)5(11)3-6(12)7(8,9)10;/h10-15,17,20H,18H2,1-9H3;3-4,11H,1-2H3;/q-1;;/b;5-3-;. The Morgan fingerprint density at radius 2 is 1.62 bits per heavy atom. The fourth-order valence-electron chi connectivity index (χ4n) is 6.26. The number of thiophene rings is 1. The summed E-state index contributed by atoms with van der Waals surface area (Å²) in [6, 6.07) is 21.5. The number of benzene rings is 3. The van der Waals surface area contributed by atoms with Crippen LogP contribution in [-0.2, 0) is 36.7 Å². The van der Waals surface area contributed by atoms with E-state index in [0.29, 0.717) is 5.56 Å². The summed E-state index contributed by atoms with van der Waals surface area (Å²) < 4.78 is 35.8. The van der Waals surface area contributed by atoms with Crippen molar-refractivity contribution in [2.24, 2.45) is 11.3 Å². The first-order valence-corrected chi connectivity index (χ1v) is 17.8. The van der Waals surface area contributed by atoms with Crippen LogP contribution in [-0.4, -0.2) is 22.1 Å². The number of nitrogens with zero attached hydrogens (tertiary/aromatic N) is 2. The van der Waals surface area contributed by atoms with E-state index in [0.717, 1.165) is 38.7 Å². The Morgan fingerprint density at radius 1 is 1.02 bits per heavy atom. The number of nitriles is 1. The molecule has 0 saturated carbocycles. The molecule has 0 aliphatic rings. The molecule has 0 atom stereocenters. The number of ketones is 1. The maximum atomic E-state index is 11.6. The number of hydrogen-bond donors (Lipinski definition) is 1. The SMILES string of the molecule is CC(C)/C(O)=C/C(=O)C(F)(F)F.Cc1cc(CC(C)(C)C)cc(C)c1-c1sc2c(-c3[c-]c4ccccc4c(C(C)(C)C)c3)ncc(C#N)c2c1C.[Ir]. The Kier molecular flexibility index (Phi) is 13.1. The molecule has 2 heterocycles.